The average molecular weight is 337 g/mol. The van der Waals surface area contributed by atoms with Crippen LogP contribution in [0.5, 0.6) is 0 Å². The molecule has 0 aromatic carbocycles. The van der Waals surface area contributed by atoms with Gasteiger partial charge < -0.3 is 19.2 Å². The SMILES string of the molecule is CCOC(=O)c1[nH]cc2c1C[C@@H](C(=O)OCC)[C@H](C(=O)OCC)C2. The first-order chi connectivity index (χ1) is 11.5. The van der Waals surface area contributed by atoms with Gasteiger partial charge in [0.1, 0.15) is 5.69 Å². The Morgan fingerprint density at radius 1 is 0.958 bits per heavy atom. The summed E-state index contributed by atoms with van der Waals surface area (Å²) in [6.07, 6.45) is 2.26. The molecule has 1 aromatic rings. The highest BCUT2D eigenvalue weighted by molar-refractivity contribution is 5.91. The highest BCUT2D eigenvalue weighted by Gasteiger charge is 2.41. The summed E-state index contributed by atoms with van der Waals surface area (Å²) in [4.78, 5) is 39.5. The van der Waals surface area contributed by atoms with Gasteiger partial charge in [-0.2, -0.15) is 0 Å². The van der Waals surface area contributed by atoms with Crippen molar-refractivity contribution in [2.45, 2.75) is 33.6 Å². The topological polar surface area (TPSA) is 94.7 Å². The maximum absolute atomic E-state index is 12.3. The summed E-state index contributed by atoms with van der Waals surface area (Å²) in [5.74, 6) is -2.60. The molecular formula is C17H23NO6. The van der Waals surface area contributed by atoms with Crippen LogP contribution in [0.15, 0.2) is 6.20 Å². The molecule has 1 aliphatic rings. The number of aromatic amines is 1. The van der Waals surface area contributed by atoms with E-state index in [9.17, 15) is 14.4 Å². The van der Waals surface area contributed by atoms with Crippen molar-refractivity contribution < 1.29 is 28.6 Å². The number of carbonyl (C=O) groups is 3. The number of hydrogen-bond donors (Lipinski definition) is 1. The van der Waals surface area contributed by atoms with Gasteiger partial charge in [0.05, 0.1) is 31.7 Å². The van der Waals surface area contributed by atoms with E-state index in [1.165, 1.54) is 0 Å². The smallest absolute Gasteiger partial charge is 0.355 e. The van der Waals surface area contributed by atoms with Gasteiger partial charge in [-0.1, -0.05) is 0 Å². The fraction of sp³-hybridized carbons (Fsp3) is 0.588. The molecule has 2 atom stereocenters. The molecule has 0 spiro atoms. The fourth-order valence-corrected chi connectivity index (χ4v) is 3.03. The Hall–Kier alpha value is -2.31. The number of carbonyl (C=O) groups excluding carboxylic acids is 3. The second-order valence-electron chi connectivity index (χ2n) is 5.51. The maximum atomic E-state index is 12.3. The molecule has 2 rings (SSSR count). The Morgan fingerprint density at radius 3 is 2.04 bits per heavy atom. The van der Waals surface area contributed by atoms with Crippen molar-refractivity contribution in [3.8, 4) is 0 Å². The molecule has 0 bridgehead atoms. The number of H-pyrrole nitrogens is 1. The second kappa shape index (κ2) is 7.99. The van der Waals surface area contributed by atoms with Crippen molar-refractivity contribution in [1.82, 2.24) is 4.98 Å². The molecule has 1 aromatic heterocycles. The first-order valence-corrected chi connectivity index (χ1v) is 8.22. The summed E-state index contributed by atoms with van der Waals surface area (Å²) in [5.41, 5.74) is 1.88. The zero-order valence-electron chi connectivity index (χ0n) is 14.2. The van der Waals surface area contributed by atoms with Crippen molar-refractivity contribution in [3.63, 3.8) is 0 Å². The summed E-state index contributed by atoms with van der Waals surface area (Å²) < 4.78 is 15.2. The van der Waals surface area contributed by atoms with E-state index in [-0.39, 0.29) is 26.2 Å². The van der Waals surface area contributed by atoms with E-state index in [0.29, 0.717) is 17.7 Å². The summed E-state index contributed by atoms with van der Waals surface area (Å²) in [6.45, 7) is 5.91. The van der Waals surface area contributed by atoms with Gasteiger partial charge in [-0.3, -0.25) is 9.59 Å². The van der Waals surface area contributed by atoms with Gasteiger partial charge in [0, 0.05) is 6.20 Å². The maximum Gasteiger partial charge on any atom is 0.355 e. The van der Waals surface area contributed by atoms with E-state index in [1.54, 1.807) is 27.0 Å². The minimum atomic E-state index is -0.666. The molecule has 7 heteroatoms. The largest absolute Gasteiger partial charge is 0.466 e. The lowest BCUT2D eigenvalue weighted by Gasteiger charge is -2.28. The molecule has 1 N–H and O–H groups in total. The number of aromatic nitrogens is 1. The van der Waals surface area contributed by atoms with E-state index in [0.717, 1.165) is 5.56 Å². The quantitative estimate of drug-likeness (QED) is 0.626. The Bertz CT molecular complexity index is 621. The van der Waals surface area contributed by atoms with E-state index in [1.807, 2.05) is 0 Å². The Labute approximate surface area is 140 Å². The van der Waals surface area contributed by atoms with Gasteiger partial charge in [-0.15, -0.1) is 0 Å². The van der Waals surface area contributed by atoms with Crippen LogP contribution in [0.4, 0.5) is 0 Å². The van der Waals surface area contributed by atoms with Gasteiger partial charge in [-0.25, -0.2) is 4.79 Å². The third-order valence-corrected chi connectivity index (χ3v) is 4.09. The molecule has 132 valence electrons. The van der Waals surface area contributed by atoms with Gasteiger partial charge in [-0.05, 0) is 44.7 Å². The van der Waals surface area contributed by atoms with Gasteiger partial charge in [0.2, 0.25) is 0 Å². The lowest BCUT2D eigenvalue weighted by atomic mass is 9.76. The van der Waals surface area contributed by atoms with Crippen LogP contribution in [-0.2, 0) is 36.6 Å². The molecular weight excluding hydrogens is 314 g/mol. The number of nitrogens with one attached hydrogen (secondary N) is 1. The first kappa shape index (κ1) is 18.0. The van der Waals surface area contributed by atoms with E-state index in [4.69, 9.17) is 14.2 Å². The molecule has 0 fully saturated rings. The van der Waals surface area contributed by atoms with E-state index in [2.05, 4.69) is 4.98 Å². The van der Waals surface area contributed by atoms with Crippen molar-refractivity contribution >= 4 is 17.9 Å². The van der Waals surface area contributed by atoms with Crippen LogP contribution < -0.4 is 0 Å². The number of rotatable bonds is 6. The lowest BCUT2D eigenvalue weighted by molar-refractivity contribution is -0.160. The Balaban J connectivity index is 2.32. The van der Waals surface area contributed by atoms with Crippen LogP contribution in [0.25, 0.3) is 0 Å². The third kappa shape index (κ3) is 3.60. The Morgan fingerprint density at radius 2 is 1.50 bits per heavy atom. The minimum absolute atomic E-state index is 0.232. The molecule has 0 unspecified atom stereocenters. The van der Waals surface area contributed by atoms with Crippen molar-refractivity contribution in [3.05, 3.63) is 23.0 Å². The van der Waals surface area contributed by atoms with Crippen LogP contribution in [0.2, 0.25) is 0 Å². The van der Waals surface area contributed by atoms with Gasteiger partial charge >= 0.3 is 17.9 Å². The zero-order chi connectivity index (χ0) is 17.7. The summed E-state index contributed by atoms with van der Waals surface area (Å²) >= 11 is 0. The highest BCUT2D eigenvalue weighted by atomic mass is 16.5. The molecule has 1 aliphatic carbocycles. The summed E-state index contributed by atoms with van der Waals surface area (Å²) in [5, 5.41) is 0. The van der Waals surface area contributed by atoms with Crippen LogP contribution in [0.1, 0.15) is 42.4 Å². The molecule has 0 aliphatic heterocycles. The van der Waals surface area contributed by atoms with Crippen LogP contribution in [0, 0.1) is 11.8 Å². The molecule has 0 saturated carbocycles. The van der Waals surface area contributed by atoms with Gasteiger partial charge in [0.25, 0.3) is 0 Å². The predicted molar refractivity (Wildman–Crippen MR) is 84.4 cm³/mol. The second-order valence-corrected chi connectivity index (χ2v) is 5.51. The number of hydrogen-bond acceptors (Lipinski definition) is 6. The number of esters is 3. The number of fused-ring (bicyclic) bond motifs is 1. The summed E-state index contributed by atoms with van der Waals surface area (Å²) in [6, 6.07) is 0. The summed E-state index contributed by atoms with van der Waals surface area (Å²) in [7, 11) is 0. The minimum Gasteiger partial charge on any atom is -0.466 e. The predicted octanol–water partition coefficient (Wildman–Crippen LogP) is 1.65. The molecule has 1 heterocycles. The van der Waals surface area contributed by atoms with Crippen LogP contribution in [-0.4, -0.2) is 42.7 Å². The van der Waals surface area contributed by atoms with Crippen LogP contribution >= 0.6 is 0 Å². The zero-order valence-corrected chi connectivity index (χ0v) is 14.2. The fourth-order valence-electron chi connectivity index (χ4n) is 3.03. The standard InChI is InChI=1S/C17H23NO6/c1-4-22-15(19)12-7-10-9-18-14(17(21)24-6-3)11(10)8-13(12)16(20)23-5-2/h9,12-13,18H,4-8H2,1-3H3/t12-,13-/m1/s1. The first-order valence-electron chi connectivity index (χ1n) is 8.22. The van der Waals surface area contributed by atoms with Crippen molar-refractivity contribution in [2.75, 3.05) is 19.8 Å². The van der Waals surface area contributed by atoms with E-state index >= 15 is 0 Å². The van der Waals surface area contributed by atoms with E-state index < -0.39 is 29.7 Å². The third-order valence-electron chi connectivity index (χ3n) is 4.09. The van der Waals surface area contributed by atoms with Crippen molar-refractivity contribution in [2.24, 2.45) is 11.8 Å². The van der Waals surface area contributed by atoms with Crippen molar-refractivity contribution in [1.29, 1.82) is 0 Å². The molecule has 24 heavy (non-hydrogen) atoms. The monoisotopic (exact) mass is 337 g/mol. The number of ether oxygens (including phenoxy) is 3. The lowest BCUT2D eigenvalue weighted by Crippen LogP contribution is -2.38. The Kier molecular flexibility index (Phi) is 6.00. The molecule has 0 amide bonds. The average Bonchev–Trinajstić information content (AvgIpc) is 2.97. The normalized spacial score (nSPS) is 19.3. The molecule has 0 radical (unpaired) electrons. The highest BCUT2D eigenvalue weighted by Crippen LogP contribution is 2.34. The molecule has 7 nitrogen and oxygen atoms in total. The van der Waals surface area contributed by atoms with Gasteiger partial charge in [0.15, 0.2) is 0 Å². The molecule has 0 saturated heterocycles. The van der Waals surface area contributed by atoms with Crippen LogP contribution in [0.3, 0.4) is 0 Å².